The number of hydrogen-bond acceptors (Lipinski definition) is 6. The van der Waals surface area contributed by atoms with E-state index in [0.29, 0.717) is 18.0 Å². The van der Waals surface area contributed by atoms with Crippen LogP contribution in [0.5, 0.6) is 0 Å². The molecule has 3 aromatic rings. The van der Waals surface area contributed by atoms with Crippen molar-refractivity contribution in [3.8, 4) is 11.4 Å². The number of thiophene rings is 1. The van der Waals surface area contributed by atoms with Gasteiger partial charge in [-0.1, -0.05) is 11.6 Å². The smallest absolute Gasteiger partial charge is 0.321 e. The number of hydrogen-bond donors (Lipinski definition) is 2. The molecule has 158 valence electrons. The molecule has 3 rings (SSSR count). The highest BCUT2D eigenvalue weighted by Gasteiger charge is 2.31. The second kappa shape index (κ2) is 8.20. The van der Waals surface area contributed by atoms with Crippen molar-refractivity contribution in [2.75, 3.05) is 16.3 Å². The predicted molar refractivity (Wildman–Crippen MR) is 108 cm³/mol. The maximum Gasteiger partial charge on any atom is 0.419 e. The Bertz CT molecular complexity index is 1200. The van der Waals surface area contributed by atoms with Crippen molar-refractivity contribution in [1.29, 1.82) is 0 Å². The van der Waals surface area contributed by atoms with Gasteiger partial charge in [0, 0.05) is 34.0 Å². The first-order chi connectivity index (χ1) is 13.9. The molecule has 0 unspecified atom stereocenters. The number of amides is 1. The number of sulfonamides is 1. The van der Waals surface area contributed by atoms with Gasteiger partial charge >= 0.3 is 6.18 Å². The van der Waals surface area contributed by atoms with Gasteiger partial charge < -0.3 is 5.32 Å². The fraction of sp³-hybridized carbons (Fsp3) is 0.118. The number of aromatic nitrogens is 2. The number of carbonyl (C=O) groups excluding carboxylic acids is 1. The quantitative estimate of drug-likeness (QED) is 0.564. The first-order valence-electron chi connectivity index (χ1n) is 7.98. The van der Waals surface area contributed by atoms with Crippen molar-refractivity contribution in [2.45, 2.75) is 6.18 Å². The molecule has 0 aliphatic rings. The zero-order chi connectivity index (χ0) is 22.1. The van der Waals surface area contributed by atoms with Crippen molar-refractivity contribution < 1.29 is 26.4 Å². The molecule has 7 nitrogen and oxygen atoms in total. The summed E-state index contributed by atoms with van der Waals surface area (Å²) in [5.41, 5.74) is -0.173. The minimum atomic E-state index is -4.54. The number of benzene rings is 1. The number of anilines is 2. The van der Waals surface area contributed by atoms with Crippen LogP contribution in [0, 0.1) is 0 Å². The maximum atomic E-state index is 12.6. The van der Waals surface area contributed by atoms with E-state index in [1.807, 2.05) is 0 Å². The van der Waals surface area contributed by atoms with Gasteiger partial charge in [-0.05, 0) is 24.3 Å². The molecule has 0 saturated carbocycles. The number of carbonyl (C=O) groups is 1. The van der Waals surface area contributed by atoms with E-state index in [1.54, 1.807) is 0 Å². The van der Waals surface area contributed by atoms with Crippen LogP contribution in [0.15, 0.2) is 42.0 Å². The lowest BCUT2D eigenvalue weighted by molar-refractivity contribution is -0.138. The molecule has 0 atom stereocenters. The minimum Gasteiger partial charge on any atom is -0.321 e. The molecule has 1 aromatic carbocycles. The summed E-state index contributed by atoms with van der Waals surface area (Å²) in [4.78, 5) is 20.1. The van der Waals surface area contributed by atoms with Crippen LogP contribution in [0.2, 0.25) is 5.02 Å². The molecule has 0 radical (unpaired) electrons. The SMILES string of the molecule is CS(=O)(=O)Nc1cc(Cl)cc(NC(=O)c2cc(-c3ncc(C(F)(F)F)cn3)cs2)c1. The molecular formula is C17H12ClF3N4O3S2. The Kier molecular flexibility index (Phi) is 6.01. The van der Waals surface area contributed by atoms with Crippen LogP contribution < -0.4 is 10.0 Å². The number of halogens is 4. The number of alkyl halides is 3. The second-order valence-electron chi connectivity index (χ2n) is 6.05. The van der Waals surface area contributed by atoms with Crippen LogP contribution >= 0.6 is 22.9 Å². The lowest BCUT2D eigenvalue weighted by atomic mass is 10.2. The van der Waals surface area contributed by atoms with Gasteiger partial charge in [0.1, 0.15) is 0 Å². The molecule has 13 heteroatoms. The summed E-state index contributed by atoms with van der Waals surface area (Å²) < 4.78 is 62.8. The lowest BCUT2D eigenvalue weighted by Crippen LogP contribution is -2.12. The molecule has 0 aliphatic heterocycles. The second-order valence-corrected chi connectivity index (χ2v) is 9.15. The molecule has 0 spiro atoms. The van der Waals surface area contributed by atoms with Crippen molar-refractivity contribution >= 4 is 50.2 Å². The van der Waals surface area contributed by atoms with Gasteiger partial charge in [0.25, 0.3) is 5.91 Å². The largest absolute Gasteiger partial charge is 0.419 e. The van der Waals surface area contributed by atoms with Crippen molar-refractivity contribution in [2.24, 2.45) is 0 Å². The van der Waals surface area contributed by atoms with Crippen LogP contribution in [-0.2, 0) is 16.2 Å². The third-order valence-corrected chi connectivity index (χ3v) is 5.27. The Morgan fingerprint density at radius 1 is 1.10 bits per heavy atom. The molecule has 0 saturated heterocycles. The Hall–Kier alpha value is -2.70. The summed E-state index contributed by atoms with van der Waals surface area (Å²) in [6.45, 7) is 0. The van der Waals surface area contributed by atoms with Gasteiger partial charge in [-0.25, -0.2) is 18.4 Å². The molecule has 2 aromatic heterocycles. The van der Waals surface area contributed by atoms with Crippen molar-refractivity contribution in [3.05, 3.63) is 57.5 Å². The first-order valence-corrected chi connectivity index (χ1v) is 11.1. The summed E-state index contributed by atoms with van der Waals surface area (Å²) in [6, 6.07) is 5.63. The highest BCUT2D eigenvalue weighted by atomic mass is 35.5. The van der Waals surface area contributed by atoms with E-state index in [9.17, 15) is 26.4 Å². The average molecular weight is 477 g/mol. The number of nitrogens with one attached hydrogen (secondary N) is 2. The normalized spacial score (nSPS) is 11.9. The molecule has 2 heterocycles. The minimum absolute atomic E-state index is 0.0423. The Morgan fingerprint density at radius 3 is 2.33 bits per heavy atom. The standard InChI is InChI=1S/C17H12ClF3N4O3S2/c1-30(27,28)25-13-4-11(18)3-12(5-13)24-16(26)14-2-9(8-29-14)15-22-6-10(7-23-15)17(19,20)21/h2-8,25H,1H3,(H,24,26). The van der Waals surface area contributed by atoms with E-state index in [1.165, 1.54) is 29.6 Å². The van der Waals surface area contributed by atoms with Crippen LogP contribution in [-0.4, -0.2) is 30.5 Å². The van der Waals surface area contributed by atoms with Gasteiger partial charge in [-0.15, -0.1) is 11.3 Å². The van der Waals surface area contributed by atoms with E-state index < -0.39 is 27.7 Å². The van der Waals surface area contributed by atoms with Crippen LogP contribution in [0.1, 0.15) is 15.2 Å². The monoisotopic (exact) mass is 476 g/mol. The Balaban J connectivity index is 1.77. The van der Waals surface area contributed by atoms with Gasteiger partial charge in [0.15, 0.2) is 5.82 Å². The fourth-order valence-corrected chi connectivity index (χ4v) is 3.89. The summed E-state index contributed by atoms with van der Waals surface area (Å²) in [5.74, 6) is -0.480. The number of nitrogens with zero attached hydrogens (tertiary/aromatic N) is 2. The van der Waals surface area contributed by atoms with Gasteiger partial charge in [0.2, 0.25) is 10.0 Å². The molecule has 2 N–H and O–H groups in total. The molecule has 1 amide bonds. The summed E-state index contributed by atoms with van der Waals surface area (Å²) in [6.07, 6.45) is -2.23. The van der Waals surface area contributed by atoms with Crippen molar-refractivity contribution in [1.82, 2.24) is 9.97 Å². The van der Waals surface area contributed by atoms with Crippen LogP contribution in [0.25, 0.3) is 11.4 Å². The van der Waals surface area contributed by atoms with Crippen LogP contribution in [0.4, 0.5) is 24.5 Å². The summed E-state index contributed by atoms with van der Waals surface area (Å²) in [7, 11) is -3.53. The highest BCUT2D eigenvalue weighted by Crippen LogP contribution is 2.30. The van der Waals surface area contributed by atoms with Gasteiger partial charge in [-0.2, -0.15) is 13.2 Å². The van der Waals surface area contributed by atoms with Gasteiger partial charge in [-0.3, -0.25) is 9.52 Å². The topological polar surface area (TPSA) is 101 Å². The Labute approximate surface area is 178 Å². The zero-order valence-electron chi connectivity index (χ0n) is 15.0. The molecule has 0 aliphatic carbocycles. The van der Waals surface area contributed by atoms with E-state index in [-0.39, 0.29) is 27.1 Å². The molecule has 0 bridgehead atoms. The molecular weight excluding hydrogens is 465 g/mol. The summed E-state index contributed by atoms with van der Waals surface area (Å²) >= 11 is 7.00. The maximum absolute atomic E-state index is 12.6. The number of rotatable bonds is 5. The van der Waals surface area contributed by atoms with E-state index in [0.717, 1.165) is 17.6 Å². The zero-order valence-corrected chi connectivity index (χ0v) is 17.4. The molecule has 30 heavy (non-hydrogen) atoms. The van der Waals surface area contributed by atoms with Crippen molar-refractivity contribution in [3.63, 3.8) is 0 Å². The van der Waals surface area contributed by atoms with Gasteiger partial charge in [0.05, 0.1) is 22.4 Å². The van der Waals surface area contributed by atoms with E-state index >= 15 is 0 Å². The fourth-order valence-electron chi connectivity index (χ4n) is 2.32. The Morgan fingerprint density at radius 2 is 1.73 bits per heavy atom. The predicted octanol–water partition coefficient (Wildman–Crippen LogP) is 4.50. The highest BCUT2D eigenvalue weighted by molar-refractivity contribution is 7.92. The van der Waals surface area contributed by atoms with E-state index in [2.05, 4.69) is 20.0 Å². The lowest BCUT2D eigenvalue weighted by Gasteiger charge is -2.09. The third kappa shape index (κ3) is 5.68. The van der Waals surface area contributed by atoms with Crippen LogP contribution in [0.3, 0.4) is 0 Å². The van der Waals surface area contributed by atoms with E-state index in [4.69, 9.17) is 11.6 Å². The first kappa shape index (κ1) is 22.0. The molecule has 0 fully saturated rings. The average Bonchev–Trinajstić information content (AvgIpc) is 3.09. The summed E-state index contributed by atoms with van der Waals surface area (Å²) in [5, 5.41) is 4.31. The third-order valence-electron chi connectivity index (χ3n) is 3.52.